The second-order valence-corrected chi connectivity index (χ2v) is 19.1. The van der Waals surface area contributed by atoms with Crippen LogP contribution in [0.2, 0.25) is 0 Å². The highest BCUT2D eigenvalue weighted by Gasteiger charge is 2.57. The fourth-order valence-corrected chi connectivity index (χ4v) is 12.7. The van der Waals surface area contributed by atoms with Gasteiger partial charge in [0.2, 0.25) is 0 Å². The summed E-state index contributed by atoms with van der Waals surface area (Å²) in [4.78, 5) is 7.67. The van der Waals surface area contributed by atoms with Gasteiger partial charge in [-0.05, 0) is 131 Å². The van der Waals surface area contributed by atoms with Gasteiger partial charge in [-0.3, -0.25) is 0 Å². The van der Waals surface area contributed by atoms with Crippen molar-refractivity contribution in [3.05, 3.63) is 169 Å². The van der Waals surface area contributed by atoms with Crippen LogP contribution < -0.4 is 25.5 Å². The Balaban J connectivity index is 1.15. The van der Waals surface area contributed by atoms with Crippen molar-refractivity contribution in [1.82, 2.24) is 4.57 Å². The van der Waals surface area contributed by atoms with Gasteiger partial charge in [0.15, 0.2) is 0 Å². The Morgan fingerprint density at radius 3 is 2.24 bits per heavy atom. The zero-order chi connectivity index (χ0) is 41.6. The van der Waals surface area contributed by atoms with E-state index in [0.717, 1.165) is 0 Å². The van der Waals surface area contributed by atoms with Crippen molar-refractivity contribution >= 4 is 78.8 Å². The van der Waals surface area contributed by atoms with E-state index in [1.807, 2.05) is 0 Å². The molecular weight excluding hydrogens is 751 g/mol. The lowest BCUT2D eigenvalue weighted by Crippen LogP contribution is -2.60. The minimum absolute atomic E-state index is 0.0289. The summed E-state index contributed by atoms with van der Waals surface area (Å²) in [6, 6.07) is 60.4. The average Bonchev–Trinajstić information content (AvgIpc) is 3.76. The van der Waals surface area contributed by atoms with E-state index in [1.165, 1.54) is 137 Å². The van der Waals surface area contributed by atoms with Gasteiger partial charge in [-0.2, -0.15) is 0 Å². The number of anilines is 5. The first-order valence-electron chi connectivity index (χ1n) is 22.6. The van der Waals surface area contributed by atoms with E-state index in [1.54, 1.807) is 0 Å². The maximum absolute atomic E-state index is 2.73. The third-order valence-corrected chi connectivity index (χ3v) is 15.7. The molecule has 13 rings (SSSR count). The topological polar surface area (TPSA) is 14.7 Å². The quantitative estimate of drug-likeness (QED) is 0.165. The van der Waals surface area contributed by atoms with Crippen LogP contribution in [0.1, 0.15) is 50.7 Å². The molecule has 1 aliphatic carbocycles. The molecule has 0 radical (unpaired) electrons. The van der Waals surface area contributed by atoms with Gasteiger partial charge in [-0.1, -0.05) is 122 Å². The lowest BCUT2D eigenvalue weighted by atomic mass is 9.43. The molecule has 5 heteroatoms. The summed E-state index contributed by atoms with van der Waals surface area (Å²) in [7, 11) is 4.32. The molecule has 2 atom stereocenters. The molecule has 0 amide bonds. The van der Waals surface area contributed by atoms with E-state index in [2.05, 4.69) is 212 Å². The summed E-state index contributed by atoms with van der Waals surface area (Å²) in [5.74, 6) is 0. The van der Waals surface area contributed by atoms with E-state index in [4.69, 9.17) is 0 Å². The molecule has 0 saturated heterocycles. The number of fused-ring (bicyclic) bond motifs is 13. The molecule has 0 N–H and O–H groups in total. The van der Waals surface area contributed by atoms with Gasteiger partial charge >= 0.3 is 6.85 Å². The van der Waals surface area contributed by atoms with Crippen molar-refractivity contribution in [3.8, 4) is 27.9 Å². The fourth-order valence-electron chi connectivity index (χ4n) is 12.7. The molecule has 300 valence electrons. The van der Waals surface area contributed by atoms with Crippen LogP contribution in [0.5, 0.6) is 0 Å². The number of para-hydroxylation sites is 1. The molecule has 4 heterocycles. The Hall–Kier alpha value is -6.72. The first kappa shape index (κ1) is 36.0. The Labute approximate surface area is 364 Å². The molecule has 2 unspecified atom stereocenters. The van der Waals surface area contributed by atoms with Crippen molar-refractivity contribution in [3.63, 3.8) is 0 Å². The molecular formula is C57H49BN4. The lowest BCUT2D eigenvalue weighted by molar-refractivity contribution is 0.195. The monoisotopic (exact) mass is 800 g/mol. The van der Waals surface area contributed by atoms with Crippen LogP contribution in [0.15, 0.2) is 158 Å². The number of rotatable bonds is 4. The second kappa shape index (κ2) is 12.7. The van der Waals surface area contributed by atoms with Crippen molar-refractivity contribution in [1.29, 1.82) is 0 Å². The Bertz CT molecular complexity index is 3360. The van der Waals surface area contributed by atoms with Crippen LogP contribution in [0.4, 0.5) is 28.4 Å². The number of benzene rings is 8. The van der Waals surface area contributed by atoms with Crippen LogP contribution in [0.3, 0.4) is 0 Å². The van der Waals surface area contributed by atoms with Gasteiger partial charge in [0.25, 0.3) is 0 Å². The van der Waals surface area contributed by atoms with Crippen LogP contribution in [-0.2, 0) is 5.41 Å². The van der Waals surface area contributed by atoms with E-state index in [9.17, 15) is 0 Å². The lowest BCUT2D eigenvalue weighted by Gasteiger charge is -2.50. The molecule has 4 nitrogen and oxygen atoms in total. The van der Waals surface area contributed by atoms with Crippen molar-refractivity contribution < 1.29 is 0 Å². The minimum Gasteiger partial charge on any atom is -0.378 e. The Morgan fingerprint density at radius 2 is 1.37 bits per heavy atom. The third kappa shape index (κ3) is 4.58. The summed E-state index contributed by atoms with van der Waals surface area (Å²) in [6.45, 7) is 7.26. The normalized spacial score (nSPS) is 19.5. The number of hydrogen-bond donors (Lipinski definition) is 0. The Kier molecular flexibility index (Phi) is 7.36. The van der Waals surface area contributed by atoms with Crippen molar-refractivity contribution in [2.75, 3.05) is 28.7 Å². The first-order valence-corrected chi connectivity index (χ1v) is 22.6. The van der Waals surface area contributed by atoms with E-state index >= 15 is 0 Å². The highest BCUT2D eigenvalue weighted by atomic mass is 15.3. The van der Waals surface area contributed by atoms with Crippen molar-refractivity contribution in [2.24, 2.45) is 0 Å². The maximum atomic E-state index is 2.73. The summed E-state index contributed by atoms with van der Waals surface area (Å²) in [5, 5.41) is 5.21. The van der Waals surface area contributed by atoms with Crippen LogP contribution in [-0.4, -0.2) is 31.0 Å². The van der Waals surface area contributed by atoms with Crippen LogP contribution in [0, 0.1) is 6.92 Å². The van der Waals surface area contributed by atoms with E-state index < -0.39 is 0 Å². The number of aromatic nitrogens is 1. The van der Waals surface area contributed by atoms with Gasteiger partial charge in [0.1, 0.15) is 0 Å². The van der Waals surface area contributed by atoms with Gasteiger partial charge in [0, 0.05) is 70.0 Å². The maximum Gasteiger partial charge on any atom is 0.333 e. The SMILES string of the molecule is Cc1ccc2c(c1)B1c3c(cc(-c4ccccc4)c4c5c6ccccc6ccc5n-2c34)-c2cc(N(C)C)ccc2N1c1cccc(N2c3ccccc3C3(C)CCCCC23C)c1. The van der Waals surface area contributed by atoms with Crippen LogP contribution in [0.25, 0.3) is 60.5 Å². The minimum atomic E-state index is -0.0651. The molecule has 1 aromatic heterocycles. The molecule has 0 bridgehead atoms. The van der Waals surface area contributed by atoms with Gasteiger partial charge < -0.3 is 19.2 Å². The molecule has 9 aromatic rings. The molecule has 62 heavy (non-hydrogen) atoms. The van der Waals surface area contributed by atoms with Gasteiger partial charge in [-0.15, -0.1) is 0 Å². The van der Waals surface area contributed by atoms with Gasteiger partial charge in [-0.25, -0.2) is 0 Å². The molecule has 8 aromatic carbocycles. The average molecular weight is 801 g/mol. The van der Waals surface area contributed by atoms with E-state index in [0.29, 0.717) is 0 Å². The number of nitrogens with zero attached hydrogens (tertiary/aromatic N) is 4. The summed E-state index contributed by atoms with van der Waals surface area (Å²) >= 11 is 0. The zero-order valence-corrected chi connectivity index (χ0v) is 36.2. The number of aryl methyl sites for hydroxylation is 1. The molecule has 0 spiro atoms. The van der Waals surface area contributed by atoms with E-state index in [-0.39, 0.29) is 17.8 Å². The molecule has 3 aliphatic heterocycles. The van der Waals surface area contributed by atoms with Gasteiger partial charge in [0.05, 0.1) is 16.6 Å². The largest absolute Gasteiger partial charge is 0.378 e. The van der Waals surface area contributed by atoms with Crippen molar-refractivity contribution in [2.45, 2.75) is 57.4 Å². The predicted octanol–water partition coefficient (Wildman–Crippen LogP) is 13.0. The predicted molar refractivity (Wildman–Crippen MR) is 265 cm³/mol. The molecule has 4 aliphatic rings. The molecule has 1 saturated carbocycles. The Morgan fingerprint density at radius 1 is 0.597 bits per heavy atom. The number of hydrogen-bond acceptors (Lipinski definition) is 3. The first-order chi connectivity index (χ1) is 30.2. The van der Waals surface area contributed by atoms with Crippen LogP contribution >= 0.6 is 0 Å². The molecule has 1 fully saturated rings. The third-order valence-electron chi connectivity index (χ3n) is 15.7. The highest BCUT2D eigenvalue weighted by Crippen LogP contribution is 2.61. The smallest absolute Gasteiger partial charge is 0.333 e. The zero-order valence-electron chi connectivity index (χ0n) is 36.2. The summed E-state index contributed by atoms with van der Waals surface area (Å²) in [6.07, 6.45) is 4.92. The summed E-state index contributed by atoms with van der Waals surface area (Å²) < 4.78 is 2.62. The standard InChI is InChI=1S/C57H49BN4/c1-36-24-27-50-47(32-36)58-54-45(35-43(37-16-7-6-8-17-37)53-52-42-21-10-9-18-38(42)25-28-51(52)60(50)55(53)54)44-34-39(59(4)5)26-29-48(44)62(58)41-20-15-19-40(33-41)61-49-23-12-11-22-46(49)56(2)30-13-14-31-57(56,61)3/h6-12,15-29,32-35H,13-14,30-31H2,1-5H3. The highest BCUT2D eigenvalue weighted by molar-refractivity contribution is 6.93. The fraction of sp³-hybridized carbons (Fsp3) is 0.193. The summed E-state index contributed by atoms with van der Waals surface area (Å²) in [5.41, 5.74) is 20.7. The second-order valence-electron chi connectivity index (χ2n) is 19.1.